The number of fused-ring (bicyclic) bond motifs is 2. The highest BCUT2D eigenvalue weighted by atomic mass is 16.6. The van der Waals surface area contributed by atoms with Crippen LogP contribution in [0.2, 0.25) is 0 Å². The molecule has 4 unspecified atom stereocenters. The number of piperidine rings is 1. The van der Waals surface area contributed by atoms with Crippen molar-refractivity contribution < 1.29 is 48.2 Å². The van der Waals surface area contributed by atoms with Crippen molar-refractivity contribution >= 4 is 11.9 Å². The lowest BCUT2D eigenvalue weighted by molar-refractivity contribution is -0.316. The van der Waals surface area contributed by atoms with E-state index in [1.165, 1.54) is 14.0 Å². The topological polar surface area (TPSA) is 133 Å². The minimum Gasteiger partial charge on any atom is -0.455 e. The van der Waals surface area contributed by atoms with Gasteiger partial charge in [0.2, 0.25) is 0 Å². The number of methoxy groups -OCH3 is 4. The van der Waals surface area contributed by atoms with E-state index in [0.29, 0.717) is 12.2 Å². The molecule has 1 aliphatic heterocycles. The van der Waals surface area contributed by atoms with Crippen LogP contribution in [-0.4, -0.2) is 123 Å². The first kappa shape index (κ1) is 30.5. The number of carbonyl (C=O) groups excluding carboxylic acids is 2. The molecule has 11 nitrogen and oxygen atoms in total. The van der Waals surface area contributed by atoms with Crippen molar-refractivity contribution in [3.05, 3.63) is 35.9 Å². The first-order chi connectivity index (χ1) is 21.0. The standard InChI is InChI=1S/C33H45NO10/c1-17(35)44-33-21-19(14-31(38,28(42-6)26(33)36)27(21)43-29(37)18-10-8-7-9-11-18)32-20(40-4)12-13-30(16-39-3)15-34(2)25(32)22(33)23(41-5)24(30)32/h7-11,19-28,36,38H,12-16H2,1-6H3/t19?,20-,21?,22+,23-,24?,25-,26+,27-,28?,30+,31-,32+,33-/m1/s1. The average molecular weight is 616 g/mol. The van der Waals surface area contributed by atoms with E-state index in [1.807, 2.05) is 6.07 Å². The van der Waals surface area contributed by atoms with E-state index >= 15 is 0 Å². The van der Waals surface area contributed by atoms with Crippen LogP contribution in [0.5, 0.6) is 0 Å². The highest BCUT2D eigenvalue weighted by molar-refractivity contribution is 5.89. The molecule has 11 heteroatoms. The van der Waals surface area contributed by atoms with Gasteiger partial charge < -0.3 is 43.5 Å². The summed E-state index contributed by atoms with van der Waals surface area (Å²) in [5, 5.41) is 25.1. The highest BCUT2D eigenvalue weighted by Gasteiger charge is 2.91. The predicted octanol–water partition coefficient (Wildman–Crippen LogP) is 1.29. The molecule has 6 aliphatic rings. The molecule has 1 spiro atoms. The molecule has 5 saturated carbocycles. The van der Waals surface area contributed by atoms with E-state index in [1.54, 1.807) is 45.6 Å². The van der Waals surface area contributed by atoms with Crippen LogP contribution in [0, 0.1) is 34.5 Å². The van der Waals surface area contributed by atoms with Gasteiger partial charge in [0.15, 0.2) is 5.60 Å². The second kappa shape index (κ2) is 10.2. The lowest BCUT2D eigenvalue weighted by Gasteiger charge is -2.69. The Bertz CT molecular complexity index is 1310. The number of likely N-dealkylation sites (tertiary alicyclic amines) is 1. The van der Waals surface area contributed by atoms with Gasteiger partial charge in [-0.2, -0.15) is 0 Å². The minimum absolute atomic E-state index is 0.103. The van der Waals surface area contributed by atoms with Crippen molar-refractivity contribution in [2.75, 3.05) is 48.6 Å². The lowest BCUT2D eigenvalue weighted by atomic mass is 9.43. The molecule has 7 rings (SSSR count). The maximum absolute atomic E-state index is 13.7. The quantitative estimate of drug-likeness (QED) is 0.410. The summed E-state index contributed by atoms with van der Waals surface area (Å²) in [6.45, 7) is 2.56. The number of hydrogen-bond donors (Lipinski definition) is 2. The number of aliphatic hydroxyl groups is 2. The van der Waals surface area contributed by atoms with E-state index < -0.39 is 64.8 Å². The third-order valence-electron chi connectivity index (χ3n) is 12.8. The largest absolute Gasteiger partial charge is 0.455 e. The molecule has 2 N–H and O–H groups in total. The zero-order valence-electron chi connectivity index (χ0n) is 26.3. The zero-order chi connectivity index (χ0) is 31.4. The summed E-state index contributed by atoms with van der Waals surface area (Å²) in [7, 11) is 8.63. The fourth-order valence-electron chi connectivity index (χ4n) is 12.3. The predicted molar refractivity (Wildman–Crippen MR) is 154 cm³/mol. The van der Waals surface area contributed by atoms with Gasteiger partial charge in [0.1, 0.15) is 23.9 Å². The van der Waals surface area contributed by atoms with E-state index in [9.17, 15) is 19.8 Å². The molecule has 6 fully saturated rings. The Morgan fingerprint density at radius 2 is 1.75 bits per heavy atom. The number of esters is 2. The van der Waals surface area contributed by atoms with Crippen LogP contribution in [-0.2, 0) is 33.2 Å². The van der Waals surface area contributed by atoms with E-state index in [0.717, 1.165) is 19.4 Å². The van der Waals surface area contributed by atoms with Crippen LogP contribution in [0.15, 0.2) is 30.3 Å². The van der Waals surface area contributed by atoms with Gasteiger partial charge >= 0.3 is 11.9 Å². The zero-order valence-corrected chi connectivity index (χ0v) is 26.3. The summed E-state index contributed by atoms with van der Waals surface area (Å²) >= 11 is 0. The normalized spacial score (nSPS) is 49.9. The average Bonchev–Trinajstić information content (AvgIpc) is 3.39. The summed E-state index contributed by atoms with van der Waals surface area (Å²) in [4.78, 5) is 29.2. The van der Waals surface area contributed by atoms with Crippen molar-refractivity contribution in [1.82, 2.24) is 4.90 Å². The van der Waals surface area contributed by atoms with Gasteiger partial charge in [0.25, 0.3) is 0 Å². The molecule has 44 heavy (non-hydrogen) atoms. The molecule has 14 atom stereocenters. The number of carbonyl (C=O) groups is 2. The first-order valence-corrected chi connectivity index (χ1v) is 15.7. The number of hydrogen-bond acceptors (Lipinski definition) is 11. The van der Waals surface area contributed by atoms with Crippen molar-refractivity contribution in [2.45, 2.75) is 73.9 Å². The van der Waals surface area contributed by atoms with Crippen molar-refractivity contribution in [3.8, 4) is 0 Å². The summed E-state index contributed by atoms with van der Waals surface area (Å²) in [6, 6.07) is 8.39. The SMILES string of the molecule is COC[C@@]12CC[C@@H](OC)[C@@]34C5C[C@]6(O)C(OC)[C@H](O)[C@@](OC(C)=O)(C5[C@H]6OC(=O)c5ccccc5)[C@@H]([C@@H](OC)C13)[C@H]4N(C)C2. The summed E-state index contributed by atoms with van der Waals surface area (Å²) in [5.74, 6) is -2.96. The van der Waals surface area contributed by atoms with Crippen LogP contribution in [0.25, 0.3) is 0 Å². The molecular formula is C33H45NO10. The van der Waals surface area contributed by atoms with Gasteiger partial charge in [-0.1, -0.05) is 18.2 Å². The second-order valence-corrected chi connectivity index (χ2v) is 14.2. The van der Waals surface area contributed by atoms with Crippen molar-refractivity contribution in [3.63, 3.8) is 0 Å². The van der Waals surface area contributed by atoms with Crippen LogP contribution in [0.1, 0.15) is 36.5 Å². The molecule has 0 amide bonds. The molecule has 1 aromatic carbocycles. The smallest absolute Gasteiger partial charge is 0.338 e. The maximum atomic E-state index is 13.7. The van der Waals surface area contributed by atoms with Crippen LogP contribution < -0.4 is 0 Å². The third kappa shape index (κ3) is 3.41. The number of nitrogens with zero attached hydrogens (tertiary/aromatic N) is 1. The Balaban J connectivity index is 1.51. The Morgan fingerprint density at radius 3 is 2.36 bits per heavy atom. The summed E-state index contributed by atoms with van der Waals surface area (Å²) in [5.41, 5.74) is -3.93. The second-order valence-electron chi connectivity index (χ2n) is 14.2. The molecule has 7 bridgehead atoms. The minimum atomic E-state index is -1.76. The molecule has 1 saturated heterocycles. The molecule has 242 valence electrons. The monoisotopic (exact) mass is 615 g/mol. The van der Waals surface area contributed by atoms with Gasteiger partial charge in [-0.25, -0.2) is 4.79 Å². The fourth-order valence-corrected chi connectivity index (χ4v) is 12.3. The van der Waals surface area contributed by atoms with Crippen LogP contribution in [0.4, 0.5) is 0 Å². The first-order valence-electron chi connectivity index (χ1n) is 15.7. The molecule has 0 radical (unpaired) electrons. The van der Waals surface area contributed by atoms with E-state index in [-0.39, 0.29) is 35.8 Å². The van der Waals surface area contributed by atoms with Gasteiger partial charge in [-0.15, -0.1) is 0 Å². The van der Waals surface area contributed by atoms with Gasteiger partial charge in [-0.05, 0) is 44.4 Å². The highest BCUT2D eigenvalue weighted by Crippen LogP contribution is 2.80. The Labute approximate surface area is 258 Å². The molecular weight excluding hydrogens is 570 g/mol. The van der Waals surface area contributed by atoms with Gasteiger partial charge in [0, 0.05) is 76.5 Å². The Morgan fingerprint density at radius 1 is 1.02 bits per heavy atom. The van der Waals surface area contributed by atoms with Gasteiger partial charge in [0.05, 0.1) is 24.4 Å². The Kier molecular flexibility index (Phi) is 7.07. The number of benzene rings is 1. The number of aliphatic hydroxyl groups excluding tert-OH is 1. The van der Waals surface area contributed by atoms with Gasteiger partial charge in [-0.3, -0.25) is 4.79 Å². The summed E-state index contributed by atoms with van der Waals surface area (Å²) in [6.07, 6.45) is -2.66. The maximum Gasteiger partial charge on any atom is 0.338 e. The van der Waals surface area contributed by atoms with Crippen LogP contribution in [0.3, 0.4) is 0 Å². The summed E-state index contributed by atoms with van der Waals surface area (Å²) < 4.78 is 37.5. The number of ether oxygens (including phenoxy) is 6. The third-order valence-corrected chi connectivity index (χ3v) is 12.8. The van der Waals surface area contributed by atoms with Crippen LogP contribution >= 0.6 is 0 Å². The molecule has 5 aliphatic carbocycles. The molecule has 1 heterocycles. The fraction of sp³-hybridized carbons (Fsp3) is 0.758. The van der Waals surface area contributed by atoms with Crippen molar-refractivity contribution in [2.24, 2.45) is 34.5 Å². The molecule has 1 aromatic rings. The van der Waals surface area contributed by atoms with E-state index in [2.05, 4.69) is 11.9 Å². The molecule has 0 aromatic heterocycles. The Hall–Kier alpha value is -2.12. The lowest BCUT2D eigenvalue weighted by Crippen LogP contribution is -2.80. The van der Waals surface area contributed by atoms with E-state index in [4.69, 9.17) is 28.4 Å². The number of rotatable bonds is 8. The van der Waals surface area contributed by atoms with Crippen molar-refractivity contribution in [1.29, 1.82) is 0 Å².